The number of hydrogen-bond donors (Lipinski definition) is 0. The van der Waals surface area contributed by atoms with Crippen LogP contribution in [0, 0.1) is 30.1 Å². The molecule has 0 spiro atoms. The summed E-state index contributed by atoms with van der Waals surface area (Å²) in [6.07, 6.45) is 5.89. The van der Waals surface area contributed by atoms with Crippen LogP contribution in [-0.4, -0.2) is 12.6 Å². The average Bonchev–Trinajstić information content (AvgIpc) is 2.09. The van der Waals surface area contributed by atoms with Gasteiger partial charge in [0.2, 0.25) is 0 Å². The second-order valence-corrected chi connectivity index (χ2v) is 4.29. The summed E-state index contributed by atoms with van der Waals surface area (Å²) in [6.45, 7) is 8.35. The zero-order chi connectivity index (χ0) is 11.1. The van der Waals surface area contributed by atoms with Crippen LogP contribution in [0.3, 0.4) is 0 Å². The fraction of sp³-hybridized carbons (Fsp3) is 0.750. The third-order valence-corrected chi connectivity index (χ3v) is 2.13. The van der Waals surface area contributed by atoms with Gasteiger partial charge in [0.15, 0.2) is 6.61 Å². The van der Waals surface area contributed by atoms with Gasteiger partial charge in [0.25, 0.3) is 0 Å². The van der Waals surface area contributed by atoms with Crippen LogP contribution in [0.25, 0.3) is 0 Å². The molecule has 1 unspecified atom stereocenters. The van der Waals surface area contributed by atoms with Crippen molar-refractivity contribution in [2.45, 2.75) is 34.1 Å². The first kappa shape index (κ1) is 13.0. The van der Waals surface area contributed by atoms with Crippen LogP contribution in [0.4, 0.5) is 0 Å². The molecule has 80 valence electrons. The third-order valence-electron chi connectivity index (χ3n) is 2.13. The molecule has 0 aromatic heterocycles. The molecule has 2 heteroatoms. The van der Waals surface area contributed by atoms with Crippen LogP contribution in [0.15, 0.2) is 0 Å². The van der Waals surface area contributed by atoms with Crippen LogP contribution in [-0.2, 0) is 9.53 Å². The second-order valence-electron chi connectivity index (χ2n) is 4.29. The van der Waals surface area contributed by atoms with Crippen molar-refractivity contribution >= 4 is 5.97 Å². The van der Waals surface area contributed by atoms with Crippen LogP contribution < -0.4 is 0 Å². The number of carbonyl (C=O) groups excluding carboxylic acids is 1. The van der Waals surface area contributed by atoms with Gasteiger partial charge in [0.05, 0.1) is 5.92 Å². The molecule has 0 aromatic rings. The van der Waals surface area contributed by atoms with E-state index in [0.29, 0.717) is 11.8 Å². The number of terminal acetylenes is 1. The number of rotatable bonds is 5. The largest absolute Gasteiger partial charge is 0.452 e. The SMILES string of the molecule is C#CCOC(=O)C(CC(C)C)C(C)C. The molecule has 0 N–H and O–H groups in total. The zero-order valence-corrected chi connectivity index (χ0v) is 9.54. The van der Waals surface area contributed by atoms with Gasteiger partial charge in [-0.3, -0.25) is 4.79 Å². The Morgan fingerprint density at radius 3 is 2.29 bits per heavy atom. The fourth-order valence-corrected chi connectivity index (χ4v) is 1.37. The Morgan fingerprint density at radius 2 is 1.93 bits per heavy atom. The van der Waals surface area contributed by atoms with E-state index in [1.54, 1.807) is 0 Å². The molecule has 0 radical (unpaired) electrons. The molecule has 0 rings (SSSR count). The highest BCUT2D eigenvalue weighted by Gasteiger charge is 2.24. The predicted molar refractivity (Wildman–Crippen MR) is 57.6 cm³/mol. The van der Waals surface area contributed by atoms with E-state index in [2.05, 4.69) is 19.8 Å². The Morgan fingerprint density at radius 1 is 1.36 bits per heavy atom. The van der Waals surface area contributed by atoms with E-state index in [-0.39, 0.29) is 18.5 Å². The molecule has 0 aliphatic rings. The van der Waals surface area contributed by atoms with E-state index < -0.39 is 0 Å². The summed E-state index contributed by atoms with van der Waals surface area (Å²) in [5.74, 6) is 2.93. The Kier molecular flexibility index (Phi) is 6.03. The molecule has 0 aliphatic heterocycles. The van der Waals surface area contributed by atoms with Crippen molar-refractivity contribution in [1.29, 1.82) is 0 Å². The number of hydrogen-bond acceptors (Lipinski definition) is 2. The van der Waals surface area contributed by atoms with Crippen molar-refractivity contribution in [2.24, 2.45) is 17.8 Å². The third kappa shape index (κ3) is 4.91. The smallest absolute Gasteiger partial charge is 0.310 e. The fourth-order valence-electron chi connectivity index (χ4n) is 1.37. The van der Waals surface area contributed by atoms with Gasteiger partial charge in [-0.1, -0.05) is 33.6 Å². The summed E-state index contributed by atoms with van der Waals surface area (Å²) in [4.78, 5) is 11.6. The summed E-state index contributed by atoms with van der Waals surface area (Å²) in [6, 6.07) is 0. The maximum atomic E-state index is 11.6. The highest BCUT2D eigenvalue weighted by molar-refractivity contribution is 5.72. The van der Waals surface area contributed by atoms with Crippen molar-refractivity contribution < 1.29 is 9.53 Å². The maximum absolute atomic E-state index is 11.6. The zero-order valence-electron chi connectivity index (χ0n) is 9.54. The average molecular weight is 196 g/mol. The monoisotopic (exact) mass is 196 g/mol. The summed E-state index contributed by atoms with van der Waals surface area (Å²) in [5, 5.41) is 0. The molecule has 0 aliphatic carbocycles. The Hall–Kier alpha value is -0.970. The lowest BCUT2D eigenvalue weighted by Crippen LogP contribution is -2.24. The minimum Gasteiger partial charge on any atom is -0.452 e. The van der Waals surface area contributed by atoms with Crippen molar-refractivity contribution in [3.63, 3.8) is 0 Å². The Labute approximate surface area is 87.0 Å². The summed E-state index contributed by atoms with van der Waals surface area (Å²) in [5.41, 5.74) is 0. The summed E-state index contributed by atoms with van der Waals surface area (Å²) in [7, 11) is 0. The first-order chi connectivity index (χ1) is 6.49. The van der Waals surface area contributed by atoms with Gasteiger partial charge < -0.3 is 4.74 Å². The van der Waals surface area contributed by atoms with Gasteiger partial charge in [-0.05, 0) is 18.3 Å². The first-order valence-corrected chi connectivity index (χ1v) is 5.09. The van der Waals surface area contributed by atoms with E-state index in [4.69, 9.17) is 11.2 Å². The van der Waals surface area contributed by atoms with Gasteiger partial charge in [-0.25, -0.2) is 0 Å². The maximum Gasteiger partial charge on any atom is 0.310 e. The molecule has 0 saturated heterocycles. The van der Waals surface area contributed by atoms with Gasteiger partial charge in [-0.2, -0.15) is 0 Å². The number of ether oxygens (including phenoxy) is 1. The number of esters is 1. The predicted octanol–water partition coefficient (Wildman–Crippen LogP) is 2.48. The molecule has 2 nitrogen and oxygen atoms in total. The number of carbonyl (C=O) groups is 1. The second kappa shape index (κ2) is 6.48. The van der Waals surface area contributed by atoms with Gasteiger partial charge in [0.1, 0.15) is 0 Å². The molecule has 0 bridgehead atoms. The molecule has 0 saturated carbocycles. The molecular formula is C12H20O2. The van der Waals surface area contributed by atoms with Crippen molar-refractivity contribution in [1.82, 2.24) is 0 Å². The highest BCUT2D eigenvalue weighted by Crippen LogP contribution is 2.21. The Bertz CT molecular complexity index is 211. The van der Waals surface area contributed by atoms with E-state index in [1.807, 2.05) is 13.8 Å². The van der Waals surface area contributed by atoms with Crippen molar-refractivity contribution in [2.75, 3.05) is 6.61 Å². The standard InChI is InChI=1S/C12H20O2/c1-6-7-14-12(13)11(10(4)5)8-9(2)3/h1,9-11H,7-8H2,2-5H3. The van der Waals surface area contributed by atoms with E-state index in [0.717, 1.165) is 6.42 Å². The molecule has 0 fully saturated rings. The van der Waals surface area contributed by atoms with Crippen LogP contribution in [0.5, 0.6) is 0 Å². The highest BCUT2D eigenvalue weighted by atomic mass is 16.5. The Balaban J connectivity index is 4.20. The molecule has 14 heavy (non-hydrogen) atoms. The van der Waals surface area contributed by atoms with Crippen LogP contribution in [0.2, 0.25) is 0 Å². The quantitative estimate of drug-likeness (QED) is 0.499. The van der Waals surface area contributed by atoms with Crippen molar-refractivity contribution in [3.8, 4) is 12.3 Å². The minimum absolute atomic E-state index is 0.0247. The van der Waals surface area contributed by atoms with E-state index in [9.17, 15) is 4.79 Å². The molecular weight excluding hydrogens is 176 g/mol. The topological polar surface area (TPSA) is 26.3 Å². The van der Waals surface area contributed by atoms with Crippen LogP contribution >= 0.6 is 0 Å². The lowest BCUT2D eigenvalue weighted by atomic mass is 9.88. The first-order valence-electron chi connectivity index (χ1n) is 5.09. The van der Waals surface area contributed by atoms with E-state index >= 15 is 0 Å². The van der Waals surface area contributed by atoms with Crippen molar-refractivity contribution in [3.05, 3.63) is 0 Å². The molecule has 0 heterocycles. The van der Waals surface area contributed by atoms with Crippen LogP contribution in [0.1, 0.15) is 34.1 Å². The van der Waals surface area contributed by atoms with Gasteiger partial charge >= 0.3 is 5.97 Å². The lowest BCUT2D eigenvalue weighted by molar-refractivity contribution is -0.149. The molecule has 0 aromatic carbocycles. The normalized spacial score (nSPS) is 12.6. The lowest BCUT2D eigenvalue weighted by Gasteiger charge is -2.20. The van der Waals surface area contributed by atoms with Gasteiger partial charge in [-0.15, -0.1) is 6.42 Å². The molecule has 1 atom stereocenters. The summed E-state index contributed by atoms with van der Waals surface area (Å²) >= 11 is 0. The molecule has 0 amide bonds. The minimum atomic E-state index is -0.161. The summed E-state index contributed by atoms with van der Waals surface area (Å²) < 4.78 is 4.94. The van der Waals surface area contributed by atoms with Gasteiger partial charge in [0, 0.05) is 0 Å². The van der Waals surface area contributed by atoms with E-state index in [1.165, 1.54) is 0 Å².